The molecule has 1 aliphatic rings. The van der Waals surface area contributed by atoms with Gasteiger partial charge in [0.15, 0.2) is 0 Å². The van der Waals surface area contributed by atoms with Crippen molar-refractivity contribution in [3.05, 3.63) is 83.3 Å². The van der Waals surface area contributed by atoms with Gasteiger partial charge in [-0.2, -0.15) is 5.10 Å². The molecule has 0 radical (unpaired) electrons. The van der Waals surface area contributed by atoms with Gasteiger partial charge >= 0.3 is 6.03 Å². The van der Waals surface area contributed by atoms with Gasteiger partial charge in [-0.3, -0.25) is 5.32 Å². The molecule has 0 aliphatic carbocycles. The van der Waals surface area contributed by atoms with Crippen LogP contribution in [0.3, 0.4) is 0 Å². The van der Waals surface area contributed by atoms with Crippen molar-refractivity contribution >= 4 is 29.2 Å². The molecule has 9 nitrogen and oxygen atoms in total. The third-order valence-electron chi connectivity index (χ3n) is 6.35. The number of carbonyl (C=O) groups is 1. The number of nitrogens with zero attached hydrogens (tertiary/aromatic N) is 4. The summed E-state index contributed by atoms with van der Waals surface area (Å²) in [6.45, 7) is 10.1. The van der Waals surface area contributed by atoms with Crippen LogP contribution in [0.25, 0.3) is 5.69 Å². The molecule has 37 heavy (non-hydrogen) atoms. The Morgan fingerprint density at radius 1 is 1.00 bits per heavy atom. The van der Waals surface area contributed by atoms with E-state index < -0.39 is 0 Å². The van der Waals surface area contributed by atoms with E-state index in [0.29, 0.717) is 17.5 Å². The minimum atomic E-state index is -0.352. The Bertz CT molecular complexity index is 1420. The number of urea groups is 1. The molecule has 0 bridgehead atoms. The van der Waals surface area contributed by atoms with Gasteiger partial charge in [-0.25, -0.2) is 19.4 Å². The molecule has 190 valence electrons. The van der Waals surface area contributed by atoms with Crippen LogP contribution in [0, 0.1) is 6.92 Å². The lowest BCUT2D eigenvalue weighted by Gasteiger charge is -2.18. The standard InChI is InChI=1S/C28H32N8O/c1-18-6-8-21(15-23(18)33-26-30-11-5-12-31-26)32-27(37)34-25-16-24(28(2,3)4)35-36(25)22-9-7-20-17-29-13-10-19(20)14-22/h5-9,11-12,14-16,29H,10,13,17H2,1-4H3,(H,30,31,33)(H2,32,34,37). The van der Waals surface area contributed by atoms with Gasteiger partial charge in [0.25, 0.3) is 0 Å². The number of rotatable bonds is 5. The van der Waals surface area contributed by atoms with E-state index in [0.717, 1.165) is 42.1 Å². The monoisotopic (exact) mass is 496 g/mol. The molecule has 0 fully saturated rings. The lowest BCUT2D eigenvalue weighted by Crippen LogP contribution is -2.24. The highest BCUT2D eigenvalue weighted by Gasteiger charge is 2.22. The molecule has 0 atom stereocenters. The second-order valence-electron chi connectivity index (χ2n) is 10.3. The Balaban J connectivity index is 1.38. The first kappa shape index (κ1) is 24.5. The molecule has 2 aromatic heterocycles. The molecule has 4 aromatic rings. The zero-order chi connectivity index (χ0) is 26.0. The van der Waals surface area contributed by atoms with E-state index in [-0.39, 0.29) is 11.4 Å². The minimum absolute atomic E-state index is 0.173. The summed E-state index contributed by atoms with van der Waals surface area (Å²) in [6, 6.07) is 15.4. The lowest BCUT2D eigenvalue weighted by atomic mass is 9.92. The van der Waals surface area contributed by atoms with Crippen LogP contribution in [0.1, 0.15) is 43.2 Å². The number of amides is 2. The summed E-state index contributed by atoms with van der Waals surface area (Å²) in [5, 5.41) is 17.4. The van der Waals surface area contributed by atoms with E-state index in [4.69, 9.17) is 5.10 Å². The fraction of sp³-hybridized carbons (Fsp3) is 0.286. The van der Waals surface area contributed by atoms with E-state index >= 15 is 0 Å². The maximum atomic E-state index is 13.1. The van der Waals surface area contributed by atoms with E-state index in [1.165, 1.54) is 11.1 Å². The predicted molar refractivity (Wildman–Crippen MR) is 147 cm³/mol. The third-order valence-corrected chi connectivity index (χ3v) is 6.35. The number of hydrogen-bond donors (Lipinski definition) is 4. The Labute approximate surface area is 216 Å². The number of carbonyl (C=O) groups excluding carboxylic acids is 1. The topological polar surface area (TPSA) is 109 Å². The fourth-order valence-electron chi connectivity index (χ4n) is 4.23. The molecular weight excluding hydrogens is 464 g/mol. The van der Waals surface area contributed by atoms with Gasteiger partial charge in [0.05, 0.1) is 11.4 Å². The van der Waals surface area contributed by atoms with Gasteiger partial charge in [-0.15, -0.1) is 0 Å². The van der Waals surface area contributed by atoms with Gasteiger partial charge in [0.2, 0.25) is 5.95 Å². The van der Waals surface area contributed by atoms with Crippen molar-refractivity contribution in [1.29, 1.82) is 0 Å². The largest absolute Gasteiger partial charge is 0.324 e. The predicted octanol–water partition coefficient (Wildman–Crippen LogP) is 5.30. The Hall–Kier alpha value is -4.24. The summed E-state index contributed by atoms with van der Waals surface area (Å²) in [5.74, 6) is 1.10. The van der Waals surface area contributed by atoms with Crippen LogP contribution in [0.4, 0.5) is 27.9 Å². The molecule has 4 N–H and O–H groups in total. The summed E-state index contributed by atoms with van der Waals surface area (Å²) < 4.78 is 1.82. The van der Waals surface area contributed by atoms with Crippen molar-refractivity contribution in [2.45, 2.75) is 46.1 Å². The second-order valence-corrected chi connectivity index (χ2v) is 10.3. The van der Waals surface area contributed by atoms with Gasteiger partial charge in [-0.05, 0) is 66.9 Å². The normalized spacial score (nSPS) is 13.1. The minimum Gasteiger partial charge on any atom is -0.324 e. The van der Waals surface area contributed by atoms with Crippen LogP contribution in [0.2, 0.25) is 0 Å². The number of aryl methyl sites for hydroxylation is 1. The van der Waals surface area contributed by atoms with Crippen molar-refractivity contribution in [2.75, 3.05) is 22.5 Å². The number of anilines is 4. The summed E-state index contributed by atoms with van der Waals surface area (Å²) in [6.07, 6.45) is 4.32. The second kappa shape index (κ2) is 10.0. The molecule has 0 spiro atoms. The molecule has 0 saturated heterocycles. The molecule has 3 heterocycles. The van der Waals surface area contributed by atoms with Crippen LogP contribution in [0.5, 0.6) is 0 Å². The Kier molecular flexibility index (Phi) is 6.62. The number of aromatic nitrogens is 4. The zero-order valence-corrected chi connectivity index (χ0v) is 21.6. The lowest BCUT2D eigenvalue weighted by molar-refractivity contribution is 0.262. The van der Waals surface area contributed by atoms with Crippen molar-refractivity contribution in [2.24, 2.45) is 0 Å². The van der Waals surface area contributed by atoms with Crippen molar-refractivity contribution in [3.8, 4) is 5.69 Å². The summed E-state index contributed by atoms with van der Waals surface area (Å²) in [4.78, 5) is 21.5. The maximum Gasteiger partial charge on any atom is 0.324 e. The molecule has 2 amide bonds. The smallest absolute Gasteiger partial charge is 0.324 e. The summed E-state index contributed by atoms with van der Waals surface area (Å²) >= 11 is 0. The molecule has 9 heteroatoms. The molecule has 1 aliphatic heterocycles. The fourth-order valence-corrected chi connectivity index (χ4v) is 4.23. The average molecular weight is 497 g/mol. The highest BCUT2D eigenvalue weighted by Crippen LogP contribution is 2.28. The molecule has 2 aromatic carbocycles. The Morgan fingerprint density at radius 3 is 2.59 bits per heavy atom. The van der Waals surface area contributed by atoms with Crippen molar-refractivity contribution in [3.63, 3.8) is 0 Å². The number of benzene rings is 2. The van der Waals surface area contributed by atoms with Gasteiger partial charge in [0.1, 0.15) is 5.82 Å². The SMILES string of the molecule is Cc1ccc(NC(=O)Nc2cc(C(C)(C)C)nn2-c2ccc3c(c2)CCNC3)cc1Nc1ncccn1. The van der Waals surface area contributed by atoms with Crippen LogP contribution in [-0.4, -0.2) is 32.3 Å². The highest BCUT2D eigenvalue weighted by atomic mass is 16.2. The Morgan fingerprint density at radius 2 is 1.81 bits per heavy atom. The zero-order valence-electron chi connectivity index (χ0n) is 21.6. The van der Waals surface area contributed by atoms with Gasteiger partial charge in [0, 0.05) is 41.8 Å². The van der Waals surface area contributed by atoms with Crippen LogP contribution >= 0.6 is 0 Å². The molecule has 0 unspecified atom stereocenters. The molecular formula is C28H32N8O. The first-order valence-electron chi connectivity index (χ1n) is 12.4. The number of fused-ring (bicyclic) bond motifs is 1. The van der Waals surface area contributed by atoms with E-state index in [1.807, 2.05) is 35.9 Å². The van der Waals surface area contributed by atoms with Gasteiger partial charge < -0.3 is 16.0 Å². The summed E-state index contributed by atoms with van der Waals surface area (Å²) in [7, 11) is 0. The first-order chi connectivity index (χ1) is 17.8. The third kappa shape index (κ3) is 5.62. The number of hydrogen-bond acceptors (Lipinski definition) is 6. The maximum absolute atomic E-state index is 13.1. The van der Waals surface area contributed by atoms with Crippen LogP contribution < -0.4 is 21.3 Å². The number of nitrogens with one attached hydrogen (secondary N) is 4. The average Bonchev–Trinajstić information content (AvgIpc) is 3.30. The van der Waals surface area contributed by atoms with Crippen LogP contribution in [-0.2, 0) is 18.4 Å². The molecule has 5 rings (SSSR count). The van der Waals surface area contributed by atoms with E-state index in [9.17, 15) is 4.79 Å². The van der Waals surface area contributed by atoms with E-state index in [1.54, 1.807) is 18.5 Å². The summed E-state index contributed by atoms with van der Waals surface area (Å²) in [5.41, 5.74) is 6.72. The van der Waals surface area contributed by atoms with Gasteiger partial charge in [-0.1, -0.05) is 32.9 Å². The van der Waals surface area contributed by atoms with Crippen molar-refractivity contribution in [1.82, 2.24) is 25.1 Å². The van der Waals surface area contributed by atoms with Crippen LogP contribution in [0.15, 0.2) is 60.9 Å². The quantitative estimate of drug-likeness (QED) is 0.299. The molecule has 0 saturated carbocycles. The van der Waals surface area contributed by atoms with Crippen molar-refractivity contribution < 1.29 is 4.79 Å². The van der Waals surface area contributed by atoms with E-state index in [2.05, 4.69) is 70.2 Å². The first-order valence-corrected chi connectivity index (χ1v) is 12.4. The highest BCUT2D eigenvalue weighted by molar-refractivity contribution is 5.99.